The zero-order valence-electron chi connectivity index (χ0n) is 19.1. The molecule has 1 aromatic heterocycles. The zero-order valence-corrected chi connectivity index (χ0v) is 21.5. The minimum Gasteiger partial charge on any atom is -0.512 e. The van der Waals surface area contributed by atoms with Crippen LogP contribution in [0.4, 0.5) is 0 Å². The van der Waals surface area contributed by atoms with Crippen LogP contribution in [0.25, 0.3) is 33.3 Å². The van der Waals surface area contributed by atoms with Gasteiger partial charge in [0, 0.05) is 26.2 Å². The van der Waals surface area contributed by atoms with Crippen molar-refractivity contribution in [2.75, 3.05) is 0 Å². The molecule has 0 atom stereocenters. The van der Waals surface area contributed by atoms with Crippen LogP contribution in [0.3, 0.4) is 0 Å². The molecule has 0 amide bonds. The number of aliphatic hydroxyl groups is 1. The Morgan fingerprint density at radius 1 is 0.909 bits per heavy atom. The third-order valence-corrected chi connectivity index (χ3v) is 5.75. The number of ketones is 1. The molecular weight excluding hydrogens is 587 g/mol. The van der Waals surface area contributed by atoms with Gasteiger partial charge in [-0.1, -0.05) is 79.6 Å². The van der Waals surface area contributed by atoms with Gasteiger partial charge < -0.3 is 5.11 Å². The van der Waals surface area contributed by atoms with Crippen molar-refractivity contribution < 1.29 is 30.0 Å². The number of nitrogens with zero attached hydrogens (tertiary/aromatic N) is 1. The predicted molar refractivity (Wildman–Crippen MR) is 131 cm³/mol. The summed E-state index contributed by atoms with van der Waals surface area (Å²) in [5.74, 6) is -0.0625. The maximum Gasteiger partial charge on any atom is 0.155 e. The smallest absolute Gasteiger partial charge is 0.155 e. The van der Waals surface area contributed by atoms with E-state index < -0.39 is 0 Å². The van der Waals surface area contributed by atoms with Gasteiger partial charge in [0.2, 0.25) is 0 Å². The molecule has 5 rings (SSSR count). The number of benzene rings is 3. The first-order valence-corrected chi connectivity index (χ1v) is 10.7. The number of allylic oxidation sites excluding steroid dienone is 2. The number of aromatic nitrogens is 1. The fourth-order valence-electron chi connectivity index (χ4n) is 4.27. The quantitative estimate of drug-likeness (QED) is 0.150. The summed E-state index contributed by atoms with van der Waals surface area (Å²) in [6.07, 6.45) is 1.17. The standard InChI is InChI=1S/C24H18N.C5H8O2.Ir/c1-24(2)20-9-5-4-8-18(20)19-13-11-17(15-21(19)24)23-14-12-16-7-3-6-10-22(16)25-23;1-4(6)3-5(2)7;/h3-14H,1-2H3;3,6H,1-2H3;/q-1;;/b;4-3-;. The summed E-state index contributed by atoms with van der Waals surface area (Å²) in [7, 11) is 0. The van der Waals surface area contributed by atoms with E-state index in [1.54, 1.807) is 0 Å². The molecule has 0 saturated heterocycles. The van der Waals surface area contributed by atoms with Crippen LogP contribution in [0.1, 0.15) is 38.8 Å². The first-order valence-electron chi connectivity index (χ1n) is 10.7. The summed E-state index contributed by atoms with van der Waals surface area (Å²) in [6.45, 7) is 7.42. The number of hydrogen-bond donors (Lipinski definition) is 1. The largest absolute Gasteiger partial charge is 0.512 e. The molecule has 3 aromatic carbocycles. The van der Waals surface area contributed by atoms with Gasteiger partial charge >= 0.3 is 0 Å². The van der Waals surface area contributed by atoms with Gasteiger partial charge in [0.1, 0.15) is 0 Å². The average Bonchev–Trinajstić information content (AvgIpc) is 3.00. The van der Waals surface area contributed by atoms with Gasteiger partial charge in [-0.2, -0.15) is 0 Å². The molecule has 1 aliphatic rings. The van der Waals surface area contributed by atoms with Crippen molar-refractivity contribution in [1.82, 2.24) is 4.98 Å². The monoisotopic (exact) mass is 613 g/mol. The van der Waals surface area contributed by atoms with Crippen LogP contribution < -0.4 is 0 Å². The third-order valence-electron chi connectivity index (χ3n) is 5.75. The fraction of sp³-hybridized carbons (Fsp3) is 0.172. The van der Waals surface area contributed by atoms with E-state index in [-0.39, 0.29) is 37.1 Å². The molecule has 4 aromatic rings. The molecule has 1 aliphatic carbocycles. The summed E-state index contributed by atoms with van der Waals surface area (Å²) in [4.78, 5) is 14.9. The van der Waals surface area contributed by atoms with E-state index >= 15 is 0 Å². The molecule has 0 fully saturated rings. The molecule has 169 valence electrons. The second kappa shape index (κ2) is 9.82. The van der Waals surface area contributed by atoms with Gasteiger partial charge in [0.05, 0.1) is 11.3 Å². The number of carbonyl (C=O) groups excluding carboxylic acids is 1. The van der Waals surface area contributed by atoms with E-state index in [4.69, 9.17) is 10.1 Å². The normalized spacial score (nSPS) is 13.3. The topological polar surface area (TPSA) is 50.2 Å². The van der Waals surface area contributed by atoms with Crippen molar-refractivity contribution in [2.45, 2.75) is 33.1 Å². The molecule has 0 spiro atoms. The van der Waals surface area contributed by atoms with Crippen molar-refractivity contribution >= 4 is 16.7 Å². The van der Waals surface area contributed by atoms with Gasteiger partial charge in [-0.25, -0.2) is 0 Å². The molecule has 0 aliphatic heterocycles. The van der Waals surface area contributed by atoms with Gasteiger partial charge in [-0.3, -0.25) is 9.78 Å². The second-order valence-electron chi connectivity index (χ2n) is 8.62. The van der Waals surface area contributed by atoms with Crippen LogP contribution in [0.5, 0.6) is 0 Å². The van der Waals surface area contributed by atoms with Crippen LogP contribution in [0.15, 0.2) is 84.6 Å². The second-order valence-corrected chi connectivity index (χ2v) is 8.62. The number of para-hydroxylation sites is 1. The molecule has 3 nitrogen and oxygen atoms in total. The van der Waals surface area contributed by atoms with E-state index in [9.17, 15) is 4.79 Å². The molecule has 0 unspecified atom stereocenters. The maximum atomic E-state index is 10.0. The maximum absolute atomic E-state index is 10.0. The van der Waals surface area contributed by atoms with Crippen LogP contribution in [-0.2, 0) is 30.3 Å². The van der Waals surface area contributed by atoms with Crippen molar-refractivity contribution in [3.8, 4) is 22.4 Å². The third kappa shape index (κ3) is 4.98. The molecule has 33 heavy (non-hydrogen) atoms. The predicted octanol–water partition coefficient (Wildman–Crippen LogP) is 7.04. The van der Waals surface area contributed by atoms with Gasteiger partial charge in [0.15, 0.2) is 5.78 Å². The van der Waals surface area contributed by atoms with Gasteiger partial charge in [-0.15, -0.1) is 29.3 Å². The molecular formula is C29H26IrNO2-. The van der Waals surface area contributed by atoms with E-state index in [1.807, 2.05) is 12.1 Å². The SMILES string of the molecule is CC(=O)/C=C(/C)O.CC1(C)c2[c-]c(-c3ccc4ccccc4n3)ccc2-c2ccccc21.[Ir]. The Morgan fingerprint density at radius 2 is 1.61 bits per heavy atom. The molecule has 0 saturated carbocycles. The number of aliphatic hydroxyl groups excluding tert-OH is 1. The summed E-state index contributed by atoms with van der Waals surface area (Å²) in [5, 5.41) is 9.53. The van der Waals surface area contributed by atoms with Crippen LogP contribution in [-0.4, -0.2) is 15.9 Å². The average molecular weight is 613 g/mol. The number of pyridine rings is 1. The zero-order chi connectivity index (χ0) is 22.9. The Bertz CT molecular complexity index is 1350. The molecule has 1 heterocycles. The van der Waals surface area contributed by atoms with Crippen molar-refractivity contribution in [2.24, 2.45) is 0 Å². The summed E-state index contributed by atoms with van der Waals surface area (Å²) in [6, 6.07) is 29.2. The van der Waals surface area contributed by atoms with Gasteiger partial charge in [-0.05, 0) is 42.0 Å². The first-order chi connectivity index (χ1) is 15.3. The Kier molecular flexibility index (Phi) is 7.31. The summed E-state index contributed by atoms with van der Waals surface area (Å²) < 4.78 is 0. The molecule has 4 heteroatoms. The number of fused-ring (bicyclic) bond motifs is 4. The Labute approximate surface area is 208 Å². The minimum absolute atomic E-state index is 0. The van der Waals surface area contributed by atoms with Crippen molar-refractivity contribution in [3.05, 3.63) is 102 Å². The summed E-state index contributed by atoms with van der Waals surface area (Å²) in [5.41, 5.74) is 8.31. The van der Waals surface area contributed by atoms with E-state index in [0.29, 0.717) is 0 Å². The van der Waals surface area contributed by atoms with Crippen LogP contribution >= 0.6 is 0 Å². The van der Waals surface area contributed by atoms with Gasteiger partial charge in [0.25, 0.3) is 0 Å². The van der Waals surface area contributed by atoms with E-state index in [0.717, 1.165) is 16.8 Å². The van der Waals surface area contributed by atoms with Crippen molar-refractivity contribution in [3.63, 3.8) is 0 Å². The Hall–Kier alpha value is -3.07. The van der Waals surface area contributed by atoms with E-state index in [1.165, 1.54) is 47.6 Å². The van der Waals surface area contributed by atoms with Crippen LogP contribution in [0, 0.1) is 6.07 Å². The molecule has 0 bridgehead atoms. The van der Waals surface area contributed by atoms with Crippen LogP contribution in [0.2, 0.25) is 0 Å². The Balaban J connectivity index is 0.000000337. The Morgan fingerprint density at radius 3 is 2.30 bits per heavy atom. The van der Waals surface area contributed by atoms with Crippen molar-refractivity contribution in [1.29, 1.82) is 0 Å². The summed E-state index contributed by atoms with van der Waals surface area (Å²) >= 11 is 0. The fourth-order valence-corrected chi connectivity index (χ4v) is 4.27. The van der Waals surface area contributed by atoms with E-state index in [2.05, 4.69) is 80.6 Å². The first kappa shape index (κ1) is 24.6. The molecule has 1 N–H and O–H groups in total. The number of rotatable bonds is 2. The number of hydrogen-bond acceptors (Lipinski definition) is 3. The molecule has 1 radical (unpaired) electrons. The minimum atomic E-state index is -0.125. The number of carbonyl (C=O) groups is 1.